The van der Waals surface area contributed by atoms with E-state index in [9.17, 15) is 8.42 Å². The van der Waals surface area contributed by atoms with Gasteiger partial charge in [-0.1, -0.05) is 36.4 Å². The first kappa shape index (κ1) is 17.8. The average Bonchev–Trinajstić information content (AvgIpc) is 3.14. The van der Waals surface area contributed by atoms with Gasteiger partial charge in [0.05, 0.1) is 17.6 Å². The fraction of sp³-hybridized carbons (Fsp3) is 0.105. The van der Waals surface area contributed by atoms with Crippen molar-refractivity contribution in [2.75, 3.05) is 11.3 Å². The summed E-state index contributed by atoms with van der Waals surface area (Å²) in [4.78, 5) is 0. The quantitative estimate of drug-likeness (QED) is 0.661. The topological polar surface area (TPSA) is 73.2 Å². The number of ether oxygens (including phenoxy) is 1. The van der Waals surface area contributed by atoms with E-state index < -0.39 is 10.0 Å². The Bertz CT molecular complexity index is 953. The number of nitrogens with one attached hydrogen (secondary N) is 1. The van der Waals surface area contributed by atoms with Gasteiger partial charge in [0.2, 0.25) is 0 Å². The van der Waals surface area contributed by atoms with Crippen molar-refractivity contribution < 1.29 is 13.2 Å². The van der Waals surface area contributed by atoms with Crippen LogP contribution in [0.5, 0.6) is 5.75 Å². The second kappa shape index (κ2) is 8.35. The number of rotatable bonds is 8. The van der Waals surface area contributed by atoms with Crippen LogP contribution in [0.4, 0.5) is 5.69 Å². The van der Waals surface area contributed by atoms with Crippen molar-refractivity contribution in [1.82, 2.24) is 9.78 Å². The van der Waals surface area contributed by atoms with Crippen molar-refractivity contribution in [2.24, 2.45) is 0 Å². The number of hydrogen-bond acceptors (Lipinski definition) is 4. The Labute approximate surface area is 152 Å². The van der Waals surface area contributed by atoms with Gasteiger partial charge in [0.25, 0.3) is 10.0 Å². The number of sulfonamides is 1. The molecule has 0 unspecified atom stereocenters. The van der Waals surface area contributed by atoms with Crippen LogP contribution in [0.1, 0.15) is 5.56 Å². The lowest BCUT2D eigenvalue weighted by molar-refractivity contribution is 0.291. The molecule has 1 heterocycles. The molecule has 2 aromatic carbocycles. The lowest BCUT2D eigenvalue weighted by Gasteiger charge is -2.09. The molecule has 1 aromatic heterocycles. The van der Waals surface area contributed by atoms with E-state index >= 15 is 0 Å². The molecule has 7 heteroatoms. The Balaban J connectivity index is 1.59. The standard InChI is InChI=1S/C19H19N3O3S/c23-26(24,15-10-17-6-2-1-3-7-17)21-18-8-4-9-19(16-18)25-14-13-22-12-5-11-20-22/h1-12,15-16,21H,13-14H2. The summed E-state index contributed by atoms with van der Waals surface area (Å²) in [5.41, 5.74) is 1.26. The lowest BCUT2D eigenvalue weighted by Crippen LogP contribution is -2.10. The zero-order valence-corrected chi connectivity index (χ0v) is 14.8. The van der Waals surface area contributed by atoms with E-state index in [4.69, 9.17) is 4.74 Å². The molecule has 0 aliphatic heterocycles. The fourth-order valence-electron chi connectivity index (χ4n) is 2.27. The van der Waals surface area contributed by atoms with Crippen LogP contribution in [0.2, 0.25) is 0 Å². The van der Waals surface area contributed by atoms with Gasteiger partial charge in [-0.2, -0.15) is 5.10 Å². The van der Waals surface area contributed by atoms with Gasteiger partial charge in [-0.3, -0.25) is 9.40 Å². The van der Waals surface area contributed by atoms with E-state index in [1.165, 1.54) is 0 Å². The molecule has 0 bridgehead atoms. The average molecular weight is 369 g/mol. The molecule has 0 radical (unpaired) electrons. The fourth-order valence-corrected chi connectivity index (χ4v) is 3.13. The Morgan fingerprint density at radius 2 is 1.92 bits per heavy atom. The Kier molecular flexibility index (Phi) is 5.70. The monoisotopic (exact) mass is 369 g/mol. The second-order valence-corrected chi connectivity index (χ2v) is 7.07. The van der Waals surface area contributed by atoms with Crippen molar-refractivity contribution in [3.8, 4) is 5.75 Å². The number of anilines is 1. The van der Waals surface area contributed by atoms with Gasteiger partial charge in [0.15, 0.2) is 0 Å². The van der Waals surface area contributed by atoms with Crippen LogP contribution < -0.4 is 9.46 Å². The highest BCUT2D eigenvalue weighted by atomic mass is 32.2. The third kappa shape index (κ3) is 5.49. The van der Waals surface area contributed by atoms with Crippen molar-refractivity contribution in [1.29, 1.82) is 0 Å². The minimum absolute atomic E-state index is 0.436. The molecule has 3 aromatic rings. The van der Waals surface area contributed by atoms with Crippen LogP contribution in [0.3, 0.4) is 0 Å². The Hall–Kier alpha value is -3.06. The van der Waals surface area contributed by atoms with E-state index in [-0.39, 0.29) is 0 Å². The summed E-state index contributed by atoms with van der Waals surface area (Å²) >= 11 is 0. The van der Waals surface area contributed by atoms with E-state index in [0.29, 0.717) is 24.6 Å². The predicted molar refractivity (Wildman–Crippen MR) is 102 cm³/mol. The second-order valence-electron chi connectivity index (χ2n) is 5.51. The predicted octanol–water partition coefficient (Wildman–Crippen LogP) is 3.37. The number of nitrogens with zero attached hydrogens (tertiary/aromatic N) is 2. The van der Waals surface area contributed by atoms with Gasteiger partial charge in [-0.15, -0.1) is 0 Å². The molecular formula is C19H19N3O3S. The summed E-state index contributed by atoms with van der Waals surface area (Å²) in [5.74, 6) is 0.587. The van der Waals surface area contributed by atoms with E-state index in [1.54, 1.807) is 41.2 Å². The van der Waals surface area contributed by atoms with Gasteiger partial charge in [0, 0.05) is 18.5 Å². The van der Waals surface area contributed by atoms with Crippen LogP contribution >= 0.6 is 0 Å². The van der Waals surface area contributed by atoms with E-state index in [1.807, 2.05) is 42.6 Å². The normalized spacial score (nSPS) is 11.5. The summed E-state index contributed by atoms with van der Waals surface area (Å²) in [5, 5.41) is 5.24. The first-order chi connectivity index (χ1) is 12.6. The van der Waals surface area contributed by atoms with Crippen LogP contribution in [-0.2, 0) is 16.6 Å². The smallest absolute Gasteiger partial charge is 0.255 e. The van der Waals surface area contributed by atoms with E-state index in [0.717, 1.165) is 11.0 Å². The van der Waals surface area contributed by atoms with Gasteiger partial charge in [0.1, 0.15) is 12.4 Å². The molecule has 0 saturated carbocycles. The third-order valence-corrected chi connectivity index (χ3v) is 4.50. The zero-order valence-electron chi connectivity index (χ0n) is 14.0. The molecule has 0 fully saturated rings. The maximum absolute atomic E-state index is 12.2. The maximum atomic E-state index is 12.2. The summed E-state index contributed by atoms with van der Waals surface area (Å²) < 4.78 is 34.3. The molecule has 0 aliphatic carbocycles. The molecule has 3 rings (SSSR count). The summed E-state index contributed by atoms with van der Waals surface area (Å²) in [7, 11) is -3.61. The van der Waals surface area contributed by atoms with Crippen LogP contribution in [0.25, 0.3) is 6.08 Å². The van der Waals surface area contributed by atoms with Crippen molar-refractivity contribution in [3.05, 3.63) is 84.0 Å². The molecule has 134 valence electrons. The summed E-state index contributed by atoms with van der Waals surface area (Å²) in [6.45, 7) is 1.05. The van der Waals surface area contributed by atoms with Crippen LogP contribution in [-0.4, -0.2) is 24.8 Å². The Morgan fingerprint density at radius 1 is 1.08 bits per heavy atom. The highest BCUT2D eigenvalue weighted by molar-refractivity contribution is 7.95. The highest BCUT2D eigenvalue weighted by Gasteiger charge is 2.06. The van der Waals surface area contributed by atoms with E-state index in [2.05, 4.69) is 9.82 Å². The largest absolute Gasteiger partial charge is 0.492 e. The highest BCUT2D eigenvalue weighted by Crippen LogP contribution is 2.19. The first-order valence-corrected chi connectivity index (χ1v) is 9.62. The van der Waals surface area contributed by atoms with Gasteiger partial charge >= 0.3 is 0 Å². The molecule has 1 N–H and O–H groups in total. The minimum atomic E-state index is -3.61. The third-order valence-electron chi connectivity index (χ3n) is 3.48. The number of aromatic nitrogens is 2. The SMILES string of the molecule is O=S(=O)(C=Cc1ccccc1)Nc1cccc(OCCn2cccn2)c1. The molecule has 0 aliphatic rings. The molecule has 0 amide bonds. The molecule has 0 atom stereocenters. The molecule has 26 heavy (non-hydrogen) atoms. The van der Waals surface area contributed by atoms with Crippen molar-refractivity contribution >= 4 is 21.8 Å². The van der Waals surface area contributed by atoms with Crippen LogP contribution in [0, 0.1) is 0 Å². The molecule has 0 saturated heterocycles. The van der Waals surface area contributed by atoms with Crippen molar-refractivity contribution in [3.63, 3.8) is 0 Å². The molecular weight excluding hydrogens is 350 g/mol. The number of benzene rings is 2. The summed E-state index contributed by atoms with van der Waals surface area (Å²) in [6.07, 6.45) is 5.11. The zero-order chi connectivity index (χ0) is 18.2. The lowest BCUT2D eigenvalue weighted by atomic mass is 10.2. The van der Waals surface area contributed by atoms with Gasteiger partial charge in [-0.25, -0.2) is 8.42 Å². The van der Waals surface area contributed by atoms with Gasteiger partial charge < -0.3 is 4.74 Å². The Morgan fingerprint density at radius 3 is 2.69 bits per heavy atom. The van der Waals surface area contributed by atoms with Crippen molar-refractivity contribution in [2.45, 2.75) is 6.54 Å². The number of hydrogen-bond donors (Lipinski definition) is 1. The molecule has 6 nitrogen and oxygen atoms in total. The van der Waals surface area contributed by atoms with Crippen LogP contribution in [0.15, 0.2) is 78.5 Å². The maximum Gasteiger partial charge on any atom is 0.255 e. The summed E-state index contributed by atoms with van der Waals surface area (Å²) in [6, 6.07) is 17.9. The minimum Gasteiger partial charge on any atom is -0.492 e. The molecule has 0 spiro atoms. The van der Waals surface area contributed by atoms with Gasteiger partial charge in [-0.05, 0) is 29.8 Å². The first-order valence-electron chi connectivity index (χ1n) is 8.07.